The number of hydrogen-bond acceptors (Lipinski definition) is 5. The molecular formula is C15H29N3O3. The minimum absolute atomic E-state index is 0.0563. The van der Waals surface area contributed by atoms with Crippen LogP contribution in [-0.4, -0.2) is 61.6 Å². The zero-order valence-electron chi connectivity index (χ0n) is 13.8. The molecule has 122 valence electrons. The molecule has 1 saturated heterocycles. The number of carbonyl (C=O) groups excluding carboxylic acids is 2. The molecule has 6 heteroatoms. The summed E-state index contributed by atoms with van der Waals surface area (Å²) in [5.41, 5.74) is 0. The molecule has 0 radical (unpaired) electrons. The highest BCUT2D eigenvalue weighted by atomic mass is 16.5. The highest BCUT2D eigenvalue weighted by Gasteiger charge is 2.29. The van der Waals surface area contributed by atoms with Crippen LogP contribution in [0.1, 0.15) is 34.1 Å². The lowest BCUT2D eigenvalue weighted by atomic mass is 9.99. The van der Waals surface area contributed by atoms with Crippen LogP contribution in [0.2, 0.25) is 0 Å². The van der Waals surface area contributed by atoms with Crippen LogP contribution < -0.4 is 10.6 Å². The van der Waals surface area contributed by atoms with Crippen molar-refractivity contribution in [2.45, 2.75) is 52.2 Å². The SMILES string of the molecule is CCC(C)C(NC(=O)CN1CC(C)NCC1C)C(=O)OC. The van der Waals surface area contributed by atoms with E-state index in [1.54, 1.807) is 0 Å². The van der Waals surface area contributed by atoms with Crippen molar-refractivity contribution >= 4 is 11.9 Å². The molecule has 1 rings (SSSR count). The van der Waals surface area contributed by atoms with Gasteiger partial charge in [0.2, 0.25) is 5.91 Å². The molecule has 0 aromatic heterocycles. The molecule has 4 unspecified atom stereocenters. The number of nitrogens with zero attached hydrogens (tertiary/aromatic N) is 1. The second-order valence-electron chi connectivity index (χ2n) is 6.04. The van der Waals surface area contributed by atoms with Crippen LogP contribution in [0.4, 0.5) is 0 Å². The number of ether oxygens (including phenoxy) is 1. The maximum atomic E-state index is 12.2. The third-order valence-corrected chi connectivity index (χ3v) is 4.22. The lowest BCUT2D eigenvalue weighted by molar-refractivity contribution is -0.146. The molecule has 1 aliphatic heterocycles. The van der Waals surface area contributed by atoms with Gasteiger partial charge in [-0.2, -0.15) is 0 Å². The first kappa shape index (κ1) is 17.9. The number of rotatable bonds is 6. The summed E-state index contributed by atoms with van der Waals surface area (Å²) in [5.74, 6) is -0.438. The van der Waals surface area contributed by atoms with Gasteiger partial charge in [-0.3, -0.25) is 9.69 Å². The molecule has 0 bridgehead atoms. The Morgan fingerprint density at radius 3 is 2.67 bits per heavy atom. The molecule has 0 aliphatic carbocycles. The van der Waals surface area contributed by atoms with Gasteiger partial charge < -0.3 is 15.4 Å². The van der Waals surface area contributed by atoms with Crippen LogP contribution in [0.15, 0.2) is 0 Å². The van der Waals surface area contributed by atoms with Gasteiger partial charge in [0.05, 0.1) is 13.7 Å². The third-order valence-electron chi connectivity index (χ3n) is 4.22. The Hall–Kier alpha value is -1.14. The summed E-state index contributed by atoms with van der Waals surface area (Å²) in [6.45, 7) is 10.2. The lowest BCUT2D eigenvalue weighted by Crippen LogP contribution is -2.57. The summed E-state index contributed by atoms with van der Waals surface area (Å²) in [5, 5.41) is 6.21. The van der Waals surface area contributed by atoms with Gasteiger partial charge in [-0.05, 0) is 19.8 Å². The van der Waals surface area contributed by atoms with Crippen molar-refractivity contribution in [3.05, 3.63) is 0 Å². The predicted octanol–water partition coefficient (Wildman–Crippen LogP) is 0.373. The molecule has 1 amide bonds. The number of hydrogen-bond donors (Lipinski definition) is 2. The number of piperazine rings is 1. The molecule has 0 saturated carbocycles. The van der Waals surface area contributed by atoms with Crippen molar-refractivity contribution < 1.29 is 14.3 Å². The first-order chi connectivity index (χ1) is 9.88. The predicted molar refractivity (Wildman–Crippen MR) is 81.9 cm³/mol. The van der Waals surface area contributed by atoms with Crippen molar-refractivity contribution in [3.63, 3.8) is 0 Å². The van der Waals surface area contributed by atoms with Crippen LogP contribution in [0, 0.1) is 5.92 Å². The number of carbonyl (C=O) groups is 2. The molecular weight excluding hydrogens is 270 g/mol. The fourth-order valence-corrected chi connectivity index (χ4v) is 2.52. The van der Waals surface area contributed by atoms with Crippen LogP contribution in [0.5, 0.6) is 0 Å². The molecule has 1 heterocycles. The summed E-state index contributed by atoms with van der Waals surface area (Å²) in [7, 11) is 1.35. The Balaban J connectivity index is 2.58. The summed E-state index contributed by atoms with van der Waals surface area (Å²) >= 11 is 0. The standard InChI is InChI=1S/C15H29N3O3/c1-6-10(2)14(15(20)21-5)17-13(19)9-18-8-11(3)16-7-12(18)4/h10-12,14,16H,6-9H2,1-5H3,(H,17,19). The molecule has 4 atom stereocenters. The van der Waals surface area contributed by atoms with E-state index >= 15 is 0 Å². The van der Waals surface area contributed by atoms with E-state index in [2.05, 4.69) is 29.4 Å². The summed E-state index contributed by atoms with van der Waals surface area (Å²) in [6, 6.07) is 0.121. The maximum Gasteiger partial charge on any atom is 0.328 e. The zero-order chi connectivity index (χ0) is 16.0. The van der Waals surface area contributed by atoms with Crippen molar-refractivity contribution in [2.75, 3.05) is 26.7 Å². The average molecular weight is 299 g/mol. The topological polar surface area (TPSA) is 70.7 Å². The fourth-order valence-electron chi connectivity index (χ4n) is 2.52. The zero-order valence-corrected chi connectivity index (χ0v) is 13.8. The van der Waals surface area contributed by atoms with E-state index < -0.39 is 6.04 Å². The van der Waals surface area contributed by atoms with E-state index in [1.165, 1.54) is 7.11 Å². The van der Waals surface area contributed by atoms with Gasteiger partial charge in [0, 0.05) is 25.2 Å². The van der Waals surface area contributed by atoms with Crippen LogP contribution in [-0.2, 0) is 14.3 Å². The lowest BCUT2D eigenvalue weighted by Gasteiger charge is -2.37. The number of esters is 1. The van der Waals surface area contributed by atoms with Crippen LogP contribution in [0.3, 0.4) is 0 Å². The smallest absolute Gasteiger partial charge is 0.328 e. The van der Waals surface area contributed by atoms with Gasteiger partial charge in [0.1, 0.15) is 6.04 Å². The quantitative estimate of drug-likeness (QED) is 0.694. The van der Waals surface area contributed by atoms with E-state index in [9.17, 15) is 9.59 Å². The second-order valence-corrected chi connectivity index (χ2v) is 6.04. The summed E-state index contributed by atoms with van der Waals surface area (Å²) in [4.78, 5) is 26.2. The molecule has 2 N–H and O–H groups in total. The van der Waals surface area contributed by atoms with E-state index in [-0.39, 0.29) is 17.8 Å². The Labute approximate surface area is 127 Å². The number of nitrogens with one attached hydrogen (secondary N) is 2. The van der Waals surface area contributed by atoms with E-state index in [4.69, 9.17) is 4.74 Å². The van der Waals surface area contributed by atoms with Crippen LogP contribution in [0.25, 0.3) is 0 Å². The normalized spacial score (nSPS) is 26.0. The largest absolute Gasteiger partial charge is 0.467 e. The van der Waals surface area contributed by atoms with Crippen molar-refractivity contribution in [3.8, 4) is 0 Å². The first-order valence-electron chi connectivity index (χ1n) is 7.73. The molecule has 0 aromatic carbocycles. The summed E-state index contributed by atoms with van der Waals surface area (Å²) < 4.78 is 4.79. The Morgan fingerprint density at radius 2 is 2.10 bits per heavy atom. The van der Waals surface area contributed by atoms with Gasteiger partial charge in [-0.15, -0.1) is 0 Å². The van der Waals surface area contributed by atoms with Gasteiger partial charge in [-0.25, -0.2) is 4.79 Å². The molecule has 0 spiro atoms. The van der Waals surface area contributed by atoms with Crippen molar-refractivity contribution in [1.29, 1.82) is 0 Å². The van der Waals surface area contributed by atoms with E-state index in [1.807, 2.05) is 13.8 Å². The molecule has 6 nitrogen and oxygen atoms in total. The van der Waals surface area contributed by atoms with Gasteiger partial charge >= 0.3 is 5.97 Å². The van der Waals surface area contributed by atoms with Gasteiger partial charge in [-0.1, -0.05) is 20.3 Å². The molecule has 1 fully saturated rings. The molecule has 1 aliphatic rings. The van der Waals surface area contributed by atoms with Crippen molar-refractivity contribution in [2.24, 2.45) is 5.92 Å². The highest BCUT2D eigenvalue weighted by Crippen LogP contribution is 2.10. The maximum absolute atomic E-state index is 12.2. The minimum Gasteiger partial charge on any atom is -0.467 e. The molecule has 0 aromatic rings. The average Bonchev–Trinajstić information content (AvgIpc) is 2.47. The van der Waals surface area contributed by atoms with Crippen molar-refractivity contribution in [1.82, 2.24) is 15.5 Å². The van der Waals surface area contributed by atoms with E-state index in [0.29, 0.717) is 18.6 Å². The third kappa shape index (κ3) is 5.28. The number of amides is 1. The highest BCUT2D eigenvalue weighted by molar-refractivity contribution is 5.85. The minimum atomic E-state index is -0.567. The van der Waals surface area contributed by atoms with Gasteiger partial charge in [0.15, 0.2) is 0 Å². The monoisotopic (exact) mass is 299 g/mol. The Bertz CT molecular complexity index is 362. The molecule has 21 heavy (non-hydrogen) atoms. The fraction of sp³-hybridized carbons (Fsp3) is 0.867. The van der Waals surface area contributed by atoms with Gasteiger partial charge in [0.25, 0.3) is 0 Å². The number of methoxy groups -OCH3 is 1. The van der Waals surface area contributed by atoms with Crippen LogP contribution >= 0.6 is 0 Å². The second kappa shape index (κ2) is 8.34. The van der Waals surface area contributed by atoms with E-state index in [0.717, 1.165) is 19.5 Å². The first-order valence-corrected chi connectivity index (χ1v) is 7.73. The summed E-state index contributed by atoms with van der Waals surface area (Å²) in [6.07, 6.45) is 0.807. The Kier molecular flexibility index (Phi) is 7.11. The Morgan fingerprint density at radius 1 is 1.43 bits per heavy atom.